The molecule has 0 aliphatic carbocycles. The molecule has 1 saturated heterocycles. The predicted molar refractivity (Wildman–Crippen MR) is 54.0 cm³/mol. The third kappa shape index (κ3) is 1.55. The zero-order valence-corrected chi connectivity index (χ0v) is 8.79. The van der Waals surface area contributed by atoms with Gasteiger partial charge in [0.15, 0.2) is 0 Å². The molecule has 1 aliphatic rings. The molecule has 0 aromatic carbocycles. The summed E-state index contributed by atoms with van der Waals surface area (Å²) in [5.74, 6) is 0.966. The Balaban J connectivity index is 2.19. The van der Waals surface area contributed by atoms with E-state index >= 15 is 0 Å². The van der Waals surface area contributed by atoms with Gasteiger partial charge in [-0.15, -0.1) is 0 Å². The molecule has 0 saturated carbocycles. The Bertz CT molecular complexity index is 276. The van der Waals surface area contributed by atoms with Crippen molar-refractivity contribution in [3.05, 3.63) is 18.2 Å². The van der Waals surface area contributed by atoms with Crippen LogP contribution in [-0.2, 0) is 10.3 Å². The summed E-state index contributed by atoms with van der Waals surface area (Å²) >= 11 is 0. The minimum Gasteiger partial charge on any atom is -0.370 e. The maximum atomic E-state index is 5.65. The van der Waals surface area contributed by atoms with Crippen molar-refractivity contribution in [1.29, 1.82) is 0 Å². The van der Waals surface area contributed by atoms with E-state index in [9.17, 15) is 0 Å². The molecule has 0 radical (unpaired) electrons. The molecular formula is C10H17N3O. The Labute approximate surface area is 84.3 Å². The zero-order chi connectivity index (χ0) is 10.0. The van der Waals surface area contributed by atoms with Crippen molar-refractivity contribution in [2.45, 2.75) is 18.4 Å². The molecule has 78 valence electrons. The maximum Gasteiger partial charge on any atom is 0.138 e. The molecule has 1 aromatic rings. The average Bonchev–Trinajstić information content (AvgIpc) is 2.73. The maximum absolute atomic E-state index is 5.65. The number of aromatic nitrogens is 2. The molecule has 2 rings (SSSR count). The molecule has 1 N–H and O–H groups in total. The van der Waals surface area contributed by atoms with Gasteiger partial charge in [0.05, 0.1) is 0 Å². The molecule has 1 aromatic heterocycles. The highest BCUT2D eigenvalue weighted by Crippen LogP contribution is 2.33. The smallest absolute Gasteiger partial charge is 0.138 e. The lowest BCUT2D eigenvalue weighted by atomic mass is 9.90. The lowest BCUT2D eigenvalue weighted by molar-refractivity contribution is -0.0644. The Kier molecular flexibility index (Phi) is 2.56. The normalized spacial score (nSPS) is 22.4. The number of methoxy groups -OCH3 is 1. The summed E-state index contributed by atoms with van der Waals surface area (Å²) < 4.78 is 5.65. The van der Waals surface area contributed by atoms with E-state index in [-0.39, 0.29) is 5.60 Å². The number of hydrogen-bond donors (Lipinski definition) is 1. The van der Waals surface area contributed by atoms with E-state index in [0.29, 0.717) is 0 Å². The van der Waals surface area contributed by atoms with Crippen LogP contribution in [0.4, 0.5) is 0 Å². The van der Waals surface area contributed by atoms with E-state index in [4.69, 9.17) is 4.74 Å². The van der Waals surface area contributed by atoms with Crippen LogP contribution in [0.15, 0.2) is 12.4 Å². The summed E-state index contributed by atoms with van der Waals surface area (Å²) in [5, 5.41) is 0. The first-order valence-corrected chi connectivity index (χ1v) is 5.00. The van der Waals surface area contributed by atoms with E-state index < -0.39 is 0 Å². The number of likely N-dealkylation sites (tertiary alicyclic amines) is 1. The SMILES string of the molecule is COC1(c2ncc[nH]2)CCN(C)CC1. The molecular weight excluding hydrogens is 178 g/mol. The fraction of sp³-hybridized carbons (Fsp3) is 0.700. The highest BCUT2D eigenvalue weighted by atomic mass is 16.5. The topological polar surface area (TPSA) is 41.1 Å². The largest absolute Gasteiger partial charge is 0.370 e. The molecule has 1 fully saturated rings. The number of rotatable bonds is 2. The number of hydrogen-bond acceptors (Lipinski definition) is 3. The Hall–Kier alpha value is -0.870. The fourth-order valence-corrected chi connectivity index (χ4v) is 2.03. The van der Waals surface area contributed by atoms with Crippen molar-refractivity contribution < 1.29 is 4.74 Å². The second kappa shape index (κ2) is 3.71. The predicted octanol–water partition coefficient (Wildman–Crippen LogP) is 0.977. The number of H-pyrrole nitrogens is 1. The number of nitrogens with one attached hydrogen (secondary N) is 1. The van der Waals surface area contributed by atoms with Crippen LogP contribution in [-0.4, -0.2) is 42.1 Å². The van der Waals surface area contributed by atoms with E-state index in [2.05, 4.69) is 21.9 Å². The van der Waals surface area contributed by atoms with E-state index in [1.165, 1.54) is 0 Å². The second-order valence-electron chi connectivity index (χ2n) is 3.94. The molecule has 14 heavy (non-hydrogen) atoms. The summed E-state index contributed by atoms with van der Waals surface area (Å²) in [7, 11) is 3.91. The summed E-state index contributed by atoms with van der Waals surface area (Å²) in [5.41, 5.74) is -0.185. The van der Waals surface area contributed by atoms with Crippen molar-refractivity contribution in [2.24, 2.45) is 0 Å². The third-order valence-electron chi connectivity index (χ3n) is 3.12. The monoisotopic (exact) mass is 195 g/mol. The summed E-state index contributed by atoms with van der Waals surface area (Å²) in [6, 6.07) is 0. The first kappa shape index (κ1) is 9.68. The lowest BCUT2D eigenvalue weighted by Crippen LogP contribution is -2.42. The van der Waals surface area contributed by atoms with Gasteiger partial charge in [-0.3, -0.25) is 0 Å². The van der Waals surface area contributed by atoms with E-state index in [0.717, 1.165) is 31.8 Å². The zero-order valence-electron chi connectivity index (χ0n) is 8.79. The van der Waals surface area contributed by atoms with E-state index in [1.807, 2.05) is 6.20 Å². The van der Waals surface area contributed by atoms with Gasteiger partial charge in [0.2, 0.25) is 0 Å². The van der Waals surface area contributed by atoms with Gasteiger partial charge in [0.25, 0.3) is 0 Å². The lowest BCUT2D eigenvalue weighted by Gasteiger charge is -2.38. The first-order chi connectivity index (χ1) is 6.77. The minimum absolute atomic E-state index is 0.185. The van der Waals surface area contributed by atoms with Gasteiger partial charge in [0.1, 0.15) is 11.4 Å². The molecule has 1 aliphatic heterocycles. The molecule has 2 heterocycles. The molecule has 0 spiro atoms. The molecule has 0 unspecified atom stereocenters. The standard InChI is InChI=1S/C10H17N3O/c1-13-7-3-10(14-2,4-8-13)9-11-5-6-12-9/h5-6H,3-4,7-8H2,1-2H3,(H,11,12). The number of nitrogens with zero attached hydrogens (tertiary/aromatic N) is 2. The van der Waals surface area contributed by atoms with Gasteiger partial charge in [-0.2, -0.15) is 0 Å². The fourth-order valence-electron chi connectivity index (χ4n) is 2.03. The number of ether oxygens (including phenoxy) is 1. The van der Waals surface area contributed by atoms with Gasteiger partial charge in [-0.1, -0.05) is 0 Å². The second-order valence-corrected chi connectivity index (χ2v) is 3.94. The van der Waals surface area contributed by atoms with Crippen LogP contribution >= 0.6 is 0 Å². The van der Waals surface area contributed by atoms with Crippen LogP contribution in [0.5, 0.6) is 0 Å². The van der Waals surface area contributed by atoms with Gasteiger partial charge in [-0.25, -0.2) is 4.98 Å². The van der Waals surface area contributed by atoms with Crippen LogP contribution in [0.3, 0.4) is 0 Å². The van der Waals surface area contributed by atoms with Gasteiger partial charge < -0.3 is 14.6 Å². The van der Waals surface area contributed by atoms with E-state index in [1.54, 1.807) is 13.3 Å². The van der Waals surface area contributed by atoms with Crippen LogP contribution in [0.25, 0.3) is 0 Å². The average molecular weight is 195 g/mol. The minimum atomic E-state index is -0.185. The van der Waals surface area contributed by atoms with Gasteiger partial charge in [-0.05, 0) is 19.9 Å². The van der Waals surface area contributed by atoms with Crippen LogP contribution in [0.2, 0.25) is 0 Å². The summed E-state index contributed by atoms with van der Waals surface area (Å²) in [6.45, 7) is 2.13. The Morgan fingerprint density at radius 2 is 2.21 bits per heavy atom. The highest BCUT2D eigenvalue weighted by molar-refractivity contribution is 5.05. The third-order valence-corrected chi connectivity index (χ3v) is 3.12. The van der Waals surface area contributed by atoms with Crippen molar-refractivity contribution in [2.75, 3.05) is 27.2 Å². The number of imidazole rings is 1. The number of aromatic amines is 1. The van der Waals surface area contributed by atoms with Crippen LogP contribution in [0, 0.1) is 0 Å². The Morgan fingerprint density at radius 3 is 2.71 bits per heavy atom. The molecule has 0 bridgehead atoms. The molecule has 0 amide bonds. The molecule has 0 atom stereocenters. The highest BCUT2D eigenvalue weighted by Gasteiger charge is 2.37. The van der Waals surface area contributed by atoms with Crippen LogP contribution < -0.4 is 0 Å². The van der Waals surface area contributed by atoms with Crippen molar-refractivity contribution >= 4 is 0 Å². The van der Waals surface area contributed by atoms with Gasteiger partial charge in [0, 0.05) is 32.6 Å². The summed E-state index contributed by atoms with van der Waals surface area (Å²) in [6.07, 6.45) is 5.66. The van der Waals surface area contributed by atoms with Gasteiger partial charge >= 0.3 is 0 Å². The molecule has 4 heteroatoms. The quantitative estimate of drug-likeness (QED) is 0.764. The molecule has 4 nitrogen and oxygen atoms in total. The van der Waals surface area contributed by atoms with Crippen molar-refractivity contribution in [3.63, 3.8) is 0 Å². The van der Waals surface area contributed by atoms with Crippen molar-refractivity contribution in [3.8, 4) is 0 Å². The summed E-state index contributed by atoms with van der Waals surface area (Å²) in [4.78, 5) is 9.79. The first-order valence-electron chi connectivity index (χ1n) is 5.00. The number of piperidine rings is 1. The van der Waals surface area contributed by atoms with Crippen molar-refractivity contribution in [1.82, 2.24) is 14.9 Å². The Morgan fingerprint density at radius 1 is 1.50 bits per heavy atom. The van der Waals surface area contributed by atoms with Crippen LogP contribution in [0.1, 0.15) is 18.7 Å².